The molecule has 1 saturated heterocycles. The van der Waals surface area contributed by atoms with Gasteiger partial charge in [0.1, 0.15) is 17.2 Å². The van der Waals surface area contributed by atoms with Crippen LogP contribution in [-0.2, 0) is 0 Å². The summed E-state index contributed by atoms with van der Waals surface area (Å²) < 4.78 is 27.4. The molecule has 3 aromatic heterocycles. The fraction of sp³-hybridized carbons (Fsp3) is 0.375. The number of nitrogens with two attached hydrogens (primary N) is 1. The first-order valence-corrected chi connectivity index (χ1v) is 8.07. The summed E-state index contributed by atoms with van der Waals surface area (Å²) in [7, 11) is 0. The van der Waals surface area contributed by atoms with E-state index in [9.17, 15) is 8.78 Å². The Labute approximate surface area is 142 Å². The number of imidazole rings is 1. The lowest BCUT2D eigenvalue weighted by molar-refractivity contribution is 0.145. The van der Waals surface area contributed by atoms with Gasteiger partial charge in [0.05, 0.1) is 12.4 Å². The maximum Gasteiger partial charge on any atom is 0.281 e. The van der Waals surface area contributed by atoms with Gasteiger partial charge in [0, 0.05) is 31.5 Å². The van der Waals surface area contributed by atoms with E-state index < -0.39 is 6.43 Å². The molecule has 0 aromatic carbocycles. The lowest BCUT2D eigenvalue weighted by Crippen LogP contribution is -2.43. The Morgan fingerprint density at radius 2 is 2.08 bits per heavy atom. The fourth-order valence-electron chi connectivity index (χ4n) is 3.05. The van der Waals surface area contributed by atoms with Crippen LogP contribution in [0.4, 0.5) is 14.6 Å². The Hall–Kier alpha value is -2.68. The maximum absolute atomic E-state index is 12.9. The SMILES string of the molecule is N[C@H]1CCCN(c2ccnc(-c3cnc4cnc(C(F)F)cn34)n2)C1. The summed E-state index contributed by atoms with van der Waals surface area (Å²) in [5.74, 6) is 1.20. The zero-order valence-corrected chi connectivity index (χ0v) is 13.4. The van der Waals surface area contributed by atoms with Crippen molar-refractivity contribution in [2.45, 2.75) is 25.3 Å². The van der Waals surface area contributed by atoms with Crippen LogP contribution >= 0.6 is 0 Å². The van der Waals surface area contributed by atoms with E-state index in [-0.39, 0.29) is 11.7 Å². The van der Waals surface area contributed by atoms with Gasteiger partial charge in [-0.25, -0.2) is 28.7 Å². The molecule has 0 radical (unpaired) electrons. The highest BCUT2D eigenvalue weighted by atomic mass is 19.3. The monoisotopic (exact) mass is 345 g/mol. The second-order valence-electron chi connectivity index (χ2n) is 6.07. The van der Waals surface area contributed by atoms with Crippen LogP contribution in [0.3, 0.4) is 0 Å². The lowest BCUT2D eigenvalue weighted by atomic mass is 10.1. The number of hydrogen-bond donors (Lipinski definition) is 1. The Morgan fingerprint density at radius 1 is 1.20 bits per heavy atom. The number of aromatic nitrogens is 5. The van der Waals surface area contributed by atoms with Crippen molar-refractivity contribution in [3.05, 3.63) is 36.5 Å². The summed E-state index contributed by atoms with van der Waals surface area (Å²) in [6.45, 7) is 1.62. The average molecular weight is 345 g/mol. The van der Waals surface area contributed by atoms with Gasteiger partial charge >= 0.3 is 0 Å². The first-order chi connectivity index (χ1) is 12.1. The Bertz CT molecular complexity index is 895. The number of nitrogens with zero attached hydrogens (tertiary/aromatic N) is 6. The molecular formula is C16H17F2N7. The van der Waals surface area contributed by atoms with Crippen LogP contribution in [0.15, 0.2) is 30.9 Å². The number of hydrogen-bond acceptors (Lipinski definition) is 6. The van der Waals surface area contributed by atoms with E-state index in [1.54, 1.807) is 12.4 Å². The van der Waals surface area contributed by atoms with Crippen LogP contribution in [0.5, 0.6) is 0 Å². The number of fused-ring (bicyclic) bond motifs is 1. The van der Waals surface area contributed by atoms with E-state index in [4.69, 9.17) is 5.73 Å². The first-order valence-electron chi connectivity index (χ1n) is 8.07. The fourth-order valence-corrected chi connectivity index (χ4v) is 3.05. The van der Waals surface area contributed by atoms with Crippen LogP contribution in [0.1, 0.15) is 25.0 Å². The van der Waals surface area contributed by atoms with E-state index in [0.29, 0.717) is 17.2 Å². The van der Waals surface area contributed by atoms with Gasteiger partial charge < -0.3 is 10.6 Å². The van der Waals surface area contributed by atoms with E-state index in [0.717, 1.165) is 31.7 Å². The van der Waals surface area contributed by atoms with Gasteiger partial charge in [-0.1, -0.05) is 0 Å². The highest BCUT2D eigenvalue weighted by Crippen LogP contribution is 2.23. The molecule has 1 aliphatic heterocycles. The third kappa shape index (κ3) is 3.02. The zero-order chi connectivity index (χ0) is 17.4. The smallest absolute Gasteiger partial charge is 0.281 e. The number of halogens is 2. The van der Waals surface area contributed by atoms with Gasteiger partial charge in [0.25, 0.3) is 6.43 Å². The van der Waals surface area contributed by atoms with Crippen molar-refractivity contribution in [1.82, 2.24) is 24.3 Å². The molecule has 0 bridgehead atoms. The molecule has 1 fully saturated rings. The van der Waals surface area contributed by atoms with Crippen LogP contribution in [0.25, 0.3) is 17.2 Å². The Kier molecular flexibility index (Phi) is 4.00. The van der Waals surface area contributed by atoms with E-state index in [1.165, 1.54) is 16.8 Å². The molecule has 130 valence electrons. The molecule has 0 saturated carbocycles. The third-order valence-corrected chi connectivity index (χ3v) is 4.29. The van der Waals surface area contributed by atoms with Crippen LogP contribution in [-0.4, -0.2) is 43.5 Å². The first kappa shape index (κ1) is 15.8. The van der Waals surface area contributed by atoms with E-state index in [2.05, 4.69) is 24.8 Å². The second-order valence-corrected chi connectivity index (χ2v) is 6.07. The van der Waals surface area contributed by atoms with Crippen LogP contribution < -0.4 is 10.6 Å². The number of piperidine rings is 1. The van der Waals surface area contributed by atoms with Gasteiger partial charge in [-0.15, -0.1) is 0 Å². The van der Waals surface area contributed by atoms with Gasteiger partial charge in [-0.2, -0.15) is 0 Å². The zero-order valence-electron chi connectivity index (χ0n) is 13.4. The van der Waals surface area contributed by atoms with Gasteiger partial charge in [-0.3, -0.25) is 4.40 Å². The summed E-state index contributed by atoms with van der Waals surface area (Å²) in [5, 5.41) is 0. The van der Waals surface area contributed by atoms with Crippen molar-refractivity contribution in [2.75, 3.05) is 18.0 Å². The molecule has 0 aliphatic carbocycles. The van der Waals surface area contributed by atoms with E-state index in [1.807, 2.05) is 6.07 Å². The van der Waals surface area contributed by atoms with Gasteiger partial charge in [0.15, 0.2) is 11.5 Å². The minimum Gasteiger partial charge on any atom is -0.355 e. The average Bonchev–Trinajstić information content (AvgIpc) is 3.05. The summed E-state index contributed by atoms with van der Waals surface area (Å²) in [5.41, 5.74) is 6.73. The van der Waals surface area contributed by atoms with Crippen molar-refractivity contribution in [2.24, 2.45) is 5.73 Å². The normalized spacial score (nSPS) is 18.2. The molecule has 7 nitrogen and oxygen atoms in total. The summed E-state index contributed by atoms with van der Waals surface area (Å²) in [6, 6.07) is 1.96. The molecule has 25 heavy (non-hydrogen) atoms. The molecule has 0 unspecified atom stereocenters. The van der Waals surface area contributed by atoms with Crippen molar-refractivity contribution in [3.63, 3.8) is 0 Å². The summed E-state index contributed by atoms with van der Waals surface area (Å²) in [6.07, 6.45) is 5.18. The minimum atomic E-state index is -2.65. The third-order valence-electron chi connectivity index (χ3n) is 4.29. The second kappa shape index (κ2) is 6.32. The molecule has 1 aliphatic rings. The largest absolute Gasteiger partial charge is 0.355 e. The Morgan fingerprint density at radius 3 is 2.88 bits per heavy atom. The number of anilines is 1. The topological polar surface area (TPSA) is 85.2 Å². The minimum absolute atomic E-state index is 0.127. The number of alkyl halides is 2. The molecular weight excluding hydrogens is 328 g/mol. The van der Waals surface area contributed by atoms with Crippen molar-refractivity contribution < 1.29 is 8.78 Å². The van der Waals surface area contributed by atoms with Crippen molar-refractivity contribution in [1.29, 1.82) is 0 Å². The lowest BCUT2D eigenvalue weighted by Gasteiger charge is -2.31. The molecule has 9 heteroatoms. The van der Waals surface area contributed by atoms with Crippen LogP contribution in [0.2, 0.25) is 0 Å². The predicted molar refractivity (Wildman–Crippen MR) is 88.4 cm³/mol. The van der Waals surface area contributed by atoms with Gasteiger partial charge in [0.2, 0.25) is 0 Å². The Balaban J connectivity index is 1.73. The van der Waals surface area contributed by atoms with Crippen molar-refractivity contribution in [3.8, 4) is 11.5 Å². The van der Waals surface area contributed by atoms with Gasteiger partial charge in [-0.05, 0) is 18.9 Å². The molecule has 4 rings (SSSR count). The highest BCUT2D eigenvalue weighted by molar-refractivity contribution is 5.58. The highest BCUT2D eigenvalue weighted by Gasteiger charge is 2.19. The van der Waals surface area contributed by atoms with E-state index >= 15 is 0 Å². The number of rotatable bonds is 3. The summed E-state index contributed by atoms with van der Waals surface area (Å²) >= 11 is 0. The molecule has 1 atom stereocenters. The van der Waals surface area contributed by atoms with Crippen LogP contribution in [0, 0.1) is 0 Å². The maximum atomic E-state index is 12.9. The van der Waals surface area contributed by atoms with Crippen molar-refractivity contribution >= 4 is 11.5 Å². The molecule has 0 amide bonds. The standard InChI is InChI=1S/C16H17F2N7/c17-15(18)11-9-25-12(6-22-14(25)7-21-11)16-20-4-3-13(23-16)24-5-1-2-10(19)8-24/h3-4,6-7,9-10,15H,1-2,5,8,19H2/t10-/m0/s1. The molecule has 4 heterocycles. The molecule has 3 aromatic rings. The quantitative estimate of drug-likeness (QED) is 0.782. The predicted octanol–water partition coefficient (Wildman–Crippen LogP) is 2.05. The molecule has 0 spiro atoms. The molecule has 2 N–H and O–H groups in total. The summed E-state index contributed by atoms with van der Waals surface area (Å²) in [4.78, 5) is 18.9.